The largest absolute Gasteiger partial charge is 0.493 e. The molecule has 0 spiro atoms. The van der Waals surface area contributed by atoms with Crippen LogP contribution in [0.4, 0.5) is 5.69 Å². The zero-order valence-corrected chi connectivity index (χ0v) is 11.5. The van der Waals surface area contributed by atoms with Gasteiger partial charge in [-0.05, 0) is 18.6 Å². The third kappa shape index (κ3) is 2.65. The van der Waals surface area contributed by atoms with Gasteiger partial charge in [-0.15, -0.1) is 23.2 Å². The summed E-state index contributed by atoms with van der Waals surface area (Å²) in [5.74, 6) is 0.612. The first kappa shape index (κ1) is 13.3. The highest BCUT2D eigenvalue weighted by atomic mass is 35.5. The maximum atomic E-state index is 11.8. The van der Waals surface area contributed by atoms with E-state index >= 15 is 0 Å². The second kappa shape index (κ2) is 4.86. The lowest BCUT2D eigenvalue weighted by molar-refractivity contribution is -0.117. The molecule has 1 atom stereocenters. The molecule has 1 saturated carbocycles. The van der Waals surface area contributed by atoms with Gasteiger partial charge in [0, 0.05) is 11.8 Å². The summed E-state index contributed by atoms with van der Waals surface area (Å²) in [5.41, 5.74) is 0.619. The van der Waals surface area contributed by atoms with Crippen molar-refractivity contribution in [2.45, 2.75) is 10.8 Å². The Morgan fingerprint density at radius 3 is 2.44 bits per heavy atom. The van der Waals surface area contributed by atoms with Crippen LogP contribution in [0.15, 0.2) is 18.2 Å². The van der Waals surface area contributed by atoms with Gasteiger partial charge in [0.15, 0.2) is 11.5 Å². The van der Waals surface area contributed by atoms with Crippen LogP contribution in [0.25, 0.3) is 0 Å². The molecule has 0 bridgehead atoms. The number of carbonyl (C=O) groups is 1. The number of rotatable bonds is 4. The average molecular weight is 290 g/mol. The van der Waals surface area contributed by atoms with Crippen LogP contribution in [0.3, 0.4) is 0 Å². The van der Waals surface area contributed by atoms with Crippen LogP contribution in [0.1, 0.15) is 6.42 Å². The SMILES string of the molecule is COc1ccc(NC(=O)C2CC2(Cl)Cl)cc1OC. The van der Waals surface area contributed by atoms with Crippen molar-refractivity contribution in [3.8, 4) is 11.5 Å². The highest BCUT2D eigenvalue weighted by molar-refractivity contribution is 6.52. The molecule has 0 aliphatic heterocycles. The number of hydrogen-bond donors (Lipinski definition) is 1. The molecule has 0 heterocycles. The van der Waals surface area contributed by atoms with Crippen LogP contribution in [-0.4, -0.2) is 24.5 Å². The van der Waals surface area contributed by atoms with Gasteiger partial charge in [0.25, 0.3) is 0 Å². The number of alkyl halides is 2. The lowest BCUT2D eigenvalue weighted by Gasteiger charge is -2.10. The van der Waals surface area contributed by atoms with Crippen LogP contribution in [0, 0.1) is 5.92 Å². The molecule has 1 aromatic rings. The second-order valence-corrected chi connectivity index (χ2v) is 5.62. The maximum absolute atomic E-state index is 11.8. The van der Waals surface area contributed by atoms with Gasteiger partial charge in [0.1, 0.15) is 4.33 Å². The summed E-state index contributed by atoms with van der Waals surface area (Å²) in [5, 5.41) is 2.74. The molecule has 1 fully saturated rings. The summed E-state index contributed by atoms with van der Waals surface area (Å²) >= 11 is 11.7. The van der Waals surface area contributed by atoms with Gasteiger partial charge in [-0.1, -0.05) is 0 Å². The Labute approximate surface area is 115 Å². The zero-order chi connectivity index (χ0) is 13.3. The van der Waals surface area contributed by atoms with Gasteiger partial charge < -0.3 is 14.8 Å². The van der Waals surface area contributed by atoms with Crippen molar-refractivity contribution in [3.05, 3.63) is 18.2 Å². The number of benzene rings is 1. The topological polar surface area (TPSA) is 47.6 Å². The molecule has 1 aromatic carbocycles. The zero-order valence-electron chi connectivity index (χ0n) is 10.00. The Morgan fingerprint density at radius 2 is 1.94 bits per heavy atom. The van der Waals surface area contributed by atoms with E-state index < -0.39 is 4.33 Å². The second-order valence-electron chi connectivity index (χ2n) is 4.08. The van der Waals surface area contributed by atoms with Gasteiger partial charge in [-0.3, -0.25) is 4.79 Å². The van der Waals surface area contributed by atoms with Gasteiger partial charge in [-0.25, -0.2) is 0 Å². The Kier molecular flexibility index (Phi) is 3.59. The Balaban J connectivity index is 2.08. The first-order valence-corrected chi connectivity index (χ1v) is 6.14. The number of carbonyl (C=O) groups excluding carboxylic acids is 1. The van der Waals surface area contributed by atoms with Crippen molar-refractivity contribution < 1.29 is 14.3 Å². The molecule has 0 saturated heterocycles. The normalized spacial score (nSPS) is 20.1. The molecule has 1 unspecified atom stereocenters. The predicted molar refractivity (Wildman–Crippen MR) is 70.7 cm³/mol. The summed E-state index contributed by atoms with van der Waals surface area (Å²) in [7, 11) is 3.09. The number of methoxy groups -OCH3 is 2. The molecule has 2 rings (SSSR count). The molecule has 0 radical (unpaired) electrons. The molecule has 1 N–H and O–H groups in total. The van der Waals surface area contributed by atoms with E-state index in [2.05, 4.69) is 5.32 Å². The highest BCUT2D eigenvalue weighted by Gasteiger charge is 2.56. The van der Waals surface area contributed by atoms with Crippen LogP contribution < -0.4 is 14.8 Å². The minimum atomic E-state index is -0.916. The summed E-state index contributed by atoms with van der Waals surface area (Å²) in [6, 6.07) is 5.13. The summed E-state index contributed by atoms with van der Waals surface area (Å²) in [6.45, 7) is 0. The first-order chi connectivity index (χ1) is 8.47. The maximum Gasteiger partial charge on any atom is 0.230 e. The number of hydrogen-bond acceptors (Lipinski definition) is 3. The molecule has 18 heavy (non-hydrogen) atoms. The average Bonchev–Trinajstić information content (AvgIpc) is 2.98. The Hall–Kier alpha value is -1.13. The monoisotopic (exact) mass is 289 g/mol. The van der Waals surface area contributed by atoms with E-state index in [9.17, 15) is 4.79 Å². The van der Waals surface area contributed by atoms with Crippen LogP contribution in [-0.2, 0) is 4.79 Å². The molecule has 98 valence electrons. The molecule has 1 aliphatic rings. The van der Waals surface area contributed by atoms with E-state index in [1.807, 2.05) is 0 Å². The molecule has 1 amide bonds. The lowest BCUT2D eigenvalue weighted by Crippen LogP contribution is -2.16. The first-order valence-electron chi connectivity index (χ1n) is 5.38. The summed E-state index contributed by atoms with van der Waals surface area (Å²) < 4.78 is 9.34. The van der Waals surface area contributed by atoms with Crippen molar-refractivity contribution in [2.24, 2.45) is 5.92 Å². The molecule has 1 aliphatic carbocycles. The van der Waals surface area contributed by atoms with E-state index in [4.69, 9.17) is 32.7 Å². The van der Waals surface area contributed by atoms with E-state index in [0.29, 0.717) is 23.6 Å². The Bertz CT molecular complexity index is 476. The van der Waals surface area contributed by atoms with Crippen LogP contribution in [0.2, 0.25) is 0 Å². The van der Waals surface area contributed by atoms with Gasteiger partial charge in [0.05, 0.1) is 20.1 Å². The Morgan fingerprint density at radius 1 is 1.33 bits per heavy atom. The van der Waals surface area contributed by atoms with E-state index in [1.165, 1.54) is 7.11 Å². The van der Waals surface area contributed by atoms with Crippen molar-refractivity contribution in [1.82, 2.24) is 0 Å². The van der Waals surface area contributed by atoms with Crippen molar-refractivity contribution in [3.63, 3.8) is 0 Å². The van der Waals surface area contributed by atoms with Gasteiger partial charge in [-0.2, -0.15) is 0 Å². The molecule has 0 aromatic heterocycles. The minimum Gasteiger partial charge on any atom is -0.493 e. The van der Waals surface area contributed by atoms with Crippen LogP contribution >= 0.6 is 23.2 Å². The fraction of sp³-hybridized carbons (Fsp3) is 0.417. The van der Waals surface area contributed by atoms with Crippen molar-refractivity contribution in [2.75, 3.05) is 19.5 Å². The van der Waals surface area contributed by atoms with E-state index in [0.717, 1.165) is 0 Å². The van der Waals surface area contributed by atoms with Crippen LogP contribution in [0.5, 0.6) is 11.5 Å². The molecule has 4 nitrogen and oxygen atoms in total. The molecular weight excluding hydrogens is 277 g/mol. The molecular formula is C12H13Cl2NO3. The third-order valence-electron chi connectivity index (χ3n) is 2.79. The van der Waals surface area contributed by atoms with E-state index in [1.54, 1.807) is 25.3 Å². The fourth-order valence-corrected chi connectivity index (χ4v) is 2.15. The standard InChI is InChI=1S/C12H13Cl2NO3/c1-17-9-4-3-7(5-10(9)18-2)15-11(16)8-6-12(8,13)14/h3-5,8H,6H2,1-2H3,(H,15,16). The smallest absolute Gasteiger partial charge is 0.230 e. The minimum absolute atomic E-state index is 0.188. The fourth-order valence-electron chi connectivity index (χ4n) is 1.64. The molecule has 6 heteroatoms. The third-order valence-corrected chi connectivity index (χ3v) is 3.63. The highest BCUT2D eigenvalue weighted by Crippen LogP contribution is 2.53. The predicted octanol–water partition coefficient (Wildman–Crippen LogP) is 2.84. The number of anilines is 1. The van der Waals surface area contributed by atoms with Crippen molar-refractivity contribution in [1.29, 1.82) is 0 Å². The quantitative estimate of drug-likeness (QED) is 0.867. The summed E-state index contributed by atoms with van der Waals surface area (Å²) in [4.78, 5) is 11.8. The number of halogens is 2. The van der Waals surface area contributed by atoms with Gasteiger partial charge in [0.2, 0.25) is 5.91 Å². The number of nitrogens with one attached hydrogen (secondary N) is 1. The van der Waals surface area contributed by atoms with E-state index in [-0.39, 0.29) is 11.8 Å². The van der Waals surface area contributed by atoms with Gasteiger partial charge >= 0.3 is 0 Å². The summed E-state index contributed by atoms with van der Waals surface area (Å²) in [6.07, 6.45) is 0.481. The number of ether oxygens (including phenoxy) is 2. The lowest BCUT2D eigenvalue weighted by atomic mass is 10.2. The van der Waals surface area contributed by atoms with Crippen molar-refractivity contribution >= 4 is 34.8 Å². The number of amides is 1.